The number of nitro groups is 1. The molecule has 1 saturated carbocycles. The van der Waals surface area contributed by atoms with Gasteiger partial charge in [0.05, 0.1) is 21.2 Å². The highest BCUT2D eigenvalue weighted by Gasteiger charge is 2.50. The summed E-state index contributed by atoms with van der Waals surface area (Å²) < 4.78 is 14.9. The van der Waals surface area contributed by atoms with E-state index in [1.54, 1.807) is 36.4 Å². The Morgan fingerprint density at radius 2 is 1.85 bits per heavy atom. The van der Waals surface area contributed by atoms with Gasteiger partial charge >= 0.3 is 0 Å². The highest BCUT2D eigenvalue weighted by Crippen LogP contribution is 2.58. The van der Waals surface area contributed by atoms with Crippen molar-refractivity contribution in [2.75, 3.05) is 5.32 Å². The molecular formula is C26H22ClFN2O3S. The van der Waals surface area contributed by atoms with Crippen molar-refractivity contribution < 1.29 is 14.1 Å². The van der Waals surface area contributed by atoms with Crippen molar-refractivity contribution in [1.82, 2.24) is 0 Å². The fourth-order valence-corrected chi connectivity index (χ4v) is 7.19. The molecule has 1 aliphatic heterocycles. The van der Waals surface area contributed by atoms with Gasteiger partial charge in [0.2, 0.25) is 0 Å². The SMILES string of the molecule is CC(=O)c1ccc2c(c1)[C@@H]1[C@@H](Cl)[C@@H](Sc3ccccc3[N+](=O)[O-])C[C@H]1[C@H](c1ccccc1F)N2. The Hall–Kier alpha value is -2.90. The van der Waals surface area contributed by atoms with Crippen LogP contribution >= 0.6 is 23.4 Å². The van der Waals surface area contributed by atoms with Crippen molar-refractivity contribution in [2.24, 2.45) is 5.92 Å². The Bertz CT molecular complexity index is 1290. The molecule has 0 radical (unpaired) electrons. The van der Waals surface area contributed by atoms with Crippen LogP contribution < -0.4 is 5.32 Å². The molecule has 0 spiro atoms. The number of nitrogens with zero attached hydrogens (tertiary/aromatic N) is 1. The minimum Gasteiger partial charge on any atom is -0.378 e. The number of anilines is 1. The van der Waals surface area contributed by atoms with E-state index in [4.69, 9.17) is 11.6 Å². The summed E-state index contributed by atoms with van der Waals surface area (Å²) in [6.07, 6.45) is 0.644. The standard InChI is InChI=1S/C26H22ClFN2O3S/c1-14(31)15-10-11-20-17(12-15)24-18(26(29-20)16-6-2-3-7-19(16)28)13-23(25(24)27)34-22-9-5-4-8-21(22)30(32)33/h2-12,18,23-26,29H,13H2,1H3/t18-,23+,24+,25+,26+/m1/s1. The summed E-state index contributed by atoms with van der Waals surface area (Å²) in [6.45, 7) is 1.53. The Kier molecular flexibility index (Phi) is 6.08. The third-order valence-corrected chi connectivity index (χ3v) is 8.91. The van der Waals surface area contributed by atoms with E-state index in [9.17, 15) is 19.3 Å². The molecule has 1 fully saturated rings. The van der Waals surface area contributed by atoms with Gasteiger partial charge in [-0.3, -0.25) is 14.9 Å². The van der Waals surface area contributed by atoms with Gasteiger partial charge < -0.3 is 5.32 Å². The first-order valence-corrected chi connectivity index (χ1v) is 12.4. The van der Waals surface area contributed by atoms with Crippen LogP contribution in [0.1, 0.15) is 46.8 Å². The van der Waals surface area contributed by atoms with Crippen LogP contribution in [-0.4, -0.2) is 21.3 Å². The molecule has 2 aliphatic rings. The summed E-state index contributed by atoms with van der Waals surface area (Å²) in [4.78, 5) is 23.8. The van der Waals surface area contributed by atoms with Crippen LogP contribution in [0.4, 0.5) is 15.8 Å². The number of halogens is 2. The highest BCUT2D eigenvalue weighted by molar-refractivity contribution is 8.00. The average molecular weight is 497 g/mol. The molecule has 0 bridgehead atoms. The molecule has 1 N–H and O–H groups in total. The first-order chi connectivity index (χ1) is 16.3. The molecule has 3 aromatic rings. The zero-order chi connectivity index (χ0) is 24.0. The van der Waals surface area contributed by atoms with E-state index in [0.29, 0.717) is 22.4 Å². The third kappa shape index (κ3) is 3.97. The van der Waals surface area contributed by atoms with Gasteiger partial charge in [-0.1, -0.05) is 30.3 Å². The number of fused-ring (bicyclic) bond motifs is 3. The number of carbonyl (C=O) groups is 1. The lowest BCUT2D eigenvalue weighted by molar-refractivity contribution is -0.387. The van der Waals surface area contributed by atoms with E-state index in [0.717, 1.165) is 11.3 Å². The topological polar surface area (TPSA) is 72.2 Å². The maximum absolute atomic E-state index is 14.9. The molecule has 8 heteroatoms. The van der Waals surface area contributed by atoms with Gasteiger partial charge in [-0.05, 0) is 55.2 Å². The van der Waals surface area contributed by atoms with Crippen LogP contribution in [0.15, 0.2) is 71.6 Å². The number of benzene rings is 3. The quantitative estimate of drug-likeness (QED) is 0.178. The van der Waals surface area contributed by atoms with Gasteiger partial charge in [-0.15, -0.1) is 23.4 Å². The average Bonchev–Trinajstić information content (AvgIpc) is 3.15. The zero-order valence-electron chi connectivity index (χ0n) is 18.3. The fraction of sp³-hybridized carbons (Fsp3) is 0.269. The number of ketones is 1. The van der Waals surface area contributed by atoms with Crippen molar-refractivity contribution in [3.63, 3.8) is 0 Å². The minimum atomic E-state index is -0.383. The van der Waals surface area contributed by atoms with Gasteiger partial charge in [-0.2, -0.15) is 0 Å². The third-order valence-electron chi connectivity index (χ3n) is 6.80. The monoisotopic (exact) mass is 496 g/mol. The lowest BCUT2D eigenvalue weighted by Gasteiger charge is -2.38. The number of nitrogens with one attached hydrogen (secondary N) is 1. The first-order valence-electron chi connectivity index (χ1n) is 11.0. The Labute approximate surface area is 205 Å². The second-order valence-electron chi connectivity index (χ2n) is 8.75. The Balaban J connectivity index is 1.57. The van der Waals surface area contributed by atoms with Crippen molar-refractivity contribution in [1.29, 1.82) is 0 Å². The zero-order valence-corrected chi connectivity index (χ0v) is 19.9. The lowest BCUT2D eigenvalue weighted by atomic mass is 9.76. The summed E-state index contributed by atoms with van der Waals surface area (Å²) in [6, 6.07) is 18.6. The summed E-state index contributed by atoms with van der Waals surface area (Å²) in [5.41, 5.74) is 2.99. The Morgan fingerprint density at radius 1 is 1.12 bits per heavy atom. The van der Waals surface area contributed by atoms with Crippen molar-refractivity contribution in [3.8, 4) is 0 Å². The summed E-state index contributed by atoms with van der Waals surface area (Å²) in [7, 11) is 0. The molecule has 5 rings (SSSR count). The molecule has 3 aromatic carbocycles. The molecule has 0 amide bonds. The van der Waals surface area contributed by atoms with Crippen LogP contribution in [0.25, 0.3) is 0 Å². The van der Waals surface area contributed by atoms with E-state index in [1.807, 2.05) is 18.2 Å². The number of hydrogen-bond acceptors (Lipinski definition) is 5. The number of alkyl halides is 1. The fourth-order valence-electron chi connectivity index (χ4n) is 5.24. The van der Waals surface area contributed by atoms with E-state index in [-0.39, 0.29) is 50.7 Å². The number of nitro benzene ring substituents is 1. The van der Waals surface area contributed by atoms with Crippen LogP contribution in [0.3, 0.4) is 0 Å². The van der Waals surface area contributed by atoms with Crippen LogP contribution in [0.5, 0.6) is 0 Å². The maximum atomic E-state index is 14.9. The number of para-hydroxylation sites is 1. The van der Waals surface area contributed by atoms with Gasteiger partial charge in [0.1, 0.15) is 5.82 Å². The van der Waals surface area contributed by atoms with Crippen LogP contribution in [-0.2, 0) is 0 Å². The number of Topliss-reactive ketones (excluding diaryl/α,β-unsaturated/α-hetero) is 1. The second kappa shape index (κ2) is 9.04. The lowest BCUT2D eigenvalue weighted by Crippen LogP contribution is -2.31. The van der Waals surface area contributed by atoms with Crippen molar-refractivity contribution in [3.05, 3.63) is 99.4 Å². The summed E-state index contributed by atoms with van der Waals surface area (Å²) in [5, 5.41) is 14.6. The van der Waals surface area contributed by atoms with E-state index >= 15 is 0 Å². The van der Waals surface area contributed by atoms with Gasteiger partial charge in [-0.25, -0.2) is 4.39 Å². The normalized spacial score (nSPS) is 25.2. The van der Waals surface area contributed by atoms with Gasteiger partial charge in [0, 0.05) is 34.0 Å². The summed E-state index contributed by atoms with van der Waals surface area (Å²) in [5.74, 6) is -0.509. The predicted octanol–water partition coefficient (Wildman–Crippen LogP) is 6.98. The number of rotatable bonds is 5. The molecule has 1 aliphatic carbocycles. The minimum absolute atomic E-state index is 0.0365. The molecular weight excluding hydrogens is 475 g/mol. The van der Waals surface area contributed by atoms with Crippen LogP contribution in [0, 0.1) is 21.8 Å². The van der Waals surface area contributed by atoms with Crippen molar-refractivity contribution in [2.45, 2.75) is 40.8 Å². The molecule has 34 heavy (non-hydrogen) atoms. The molecule has 0 saturated heterocycles. The van der Waals surface area contributed by atoms with E-state index in [2.05, 4.69) is 5.32 Å². The molecule has 1 heterocycles. The molecule has 174 valence electrons. The predicted molar refractivity (Wildman–Crippen MR) is 132 cm³/mol. The second-order valence-corrected chi connectivity index (χ2v) is 10.5. The molecule has 5 atom stereocenters. The highest BCUT2D eigenvalue weighted by atomic mass is 35.5. The summed E-state index contributed by atoms with van der Waals surface area (Å²) >= 11 is 8.49. The molecule has 5 nitrogen and oxygen atoms in total. The van der Waals surface area contributed by atoms with Crippen LogP contribution in [0.2, 0.25) is 0 Å². The maximum Gasteiger partial charge on any atom is 0.282 e. The van der Waals surface area contributed by atoms with Gasteiger partial charge in [0.15, 0.2) is 5.78 Å². The van der Waals surface area contributed by atoms with Crippen molar-refractivity contribution >= 4 is 40.5 Å². The smallest absolute Gasteiger partial charge is 0.282 e. The van der Waals surface area contributed by atoms with Gasteiger partial charge in [0.25, 0.3) is 5.69 Å². The van der Waals surface area contributed by atoms with E-state index in [1.165, 1.54) is 30.8 Å². The molecule has 0 unspecified atom stereocenters. The number of carbonyl (C=O) groups excluding carboxylic acids is 1. The first kappa shape index (κ1) is 22.9. The number of hydrogen-bond donors (Lipinski definition) is 1. The Morgan fingerprint density at radius 3 is 2.59 bits per heavy atom. The molecule has 0 aromatic heterocycles. The number of thioether (sulfide) groups is 1. The largest absolute Gasteiger partial charge is 0.378 e. The van der Waals surface area contributed by atoms with E-state index < -0.39 is 0 Å².